The van der Waals surface area contributed by atoms with Crippen LogP contribution in [-0.2, 0) is 4.79 Å². The molecular weight excluding hydrogens is 397 g/mol. The highest BCUT2D eigenvalue weighted by atomic mass is 19.1. The largest absolute Gasteiger partial charge is 0.484 e. The molecule has 3 rings (SSSR count). The van der Waals surface area contributed by atoms with Crippen LogP contribution in [0.2, 0.25) is 0 Å². The van der Waals surface area contributed by atoms with Crippen LogP contribution in [-0.4, -0.2) is 67.5 Å². The van der Waals surface area contributed by atoms with Gasteiger partial charge in [0.2, 0.25) is 0 Å². The Morgan fingerprint density at radius 3 is 2.26 bits per heavy atom. The van der Waals surface area contributed by atoms with Crippen LogP contribution >= 0.6 is 0 Å². The number of rotatable bonds is 8. The zero-order valence-electron chi connectivity index (χ0n) is 18.1. The van der Waals surface area contributed by atoms with Crippen molar-refractivity contribution in [2.75, 3.05) is 45.9 Å². The molecule has 0 unspecified atom stereocenters. The summed E-state index contributed by atoms with van der Waals surface area (Å²) in [5.74, 6) is 0.569. The lowest BCUT2D eigenvalue weighted by Crippen LogP contribution is -2.51. The van der Waals surface area contributed by atoms with E-state index in [0.29, 0.717) is 43.4 Å². The summed E-state index contributed by atoms with van der Waals surface area (Å²) < 4.78 is 18.6. The van der Waals surface area contributed by atoms with E-state index in [2.05, 4.69) is 24.1 Å². The SMILES string of the molecule is CC(C)c1ccc(OCC(=O)N2CCN(CCNC(=O)c3ccc(F)cc3)CC2)cc1. The molecule has 1 fully saturated rings. The molecule has 0 atom stereocenters. The van der Waals surface area contributed by atoms with Gasteiger partial charge >= 0.3 is 0 Å². The van der Waals surface area contributed by atoms with Gasteiger partial charge in [-0.2, -0.15) is 0 Å². The van der Waals surface area contributed by atoms with Gasteiger partial charge in [-0.15, -0.1) is 0 Å². The van der Waals surface area contributed by atoms with Crippen molar-refractivity contribution in [1.29, 1.82) is 0 Å². The van der Waals surface area contributed by atoms with E-state index in [1.807, 2.05) is 29.2 Å². The summed E-state index contributed by atoms with van der Waals surface area (Å²) in [6, 6.07) is 13.3. The Morgan fingerprint density at radius 1 is 1.00 bits per heavy atom. The topological polar surface area (TPSA) is 61.9 Å². The molecule has 0 bridgehead atoms. The third-order valence-electron chi connectivity index (χ3n) is 5.45. The van der Waals surface area contributed by atoms with Crippen molar-refractivity contribution < 1.29 is 18.7 Å². The molecule has 0 aliphatic carbocycles. The van der Waals surface area contributed by atoms with Crippen LogP contribution in [0.25, 0.3) is 0 Å². The molecule has 0 aromatic heterocycles. The van der Waals surface area contributed by atoms with Crippen LogP contribution < -0.4 is 10.1 Å². The Kier molecular flexibility index (Phi) is 8.00. The van der Waals surface area contributed by atoms with Gasteiger partial charge in [0, 0.05) is 44.8 Å². The minimum atomic E-state index is -0.363. The van der Waals surface area contributed by atoms with Gasteiger partial charge in [0.1, 0.15) is 11.6 Å². The fourth-order valence-electron chi connectivity index (χ4n) is 3.44. The molecule has 31 heavy (non-hydrogen) atoms. The van der Waals surface area contributed by atoms with Crippen LogP contribution in [0.15, 0.2) is 48.5 Å². The smallest absolute Gasteiger partial charge is 0.260 e. The lowest BCUT2D eigenvalue weighted by atomic mass is 10.0. The van der Waals surface area contributed by atoms with Crippen molar-refractivity contribution in [2.45, 2.75) is 19.8 Å². The molecule has 0 radical (unpaired) electrons. The Balaban J connectivity index is 1.33. The number of hydrogen-bond acceptors (Lipinski definition) is 4. The van der Waals surface area contributed by atoms with E-state index >= 15 is 0 Å². The first-order valence-electron chi connectivity index (χ1n) is 10.7. The summed E-state index contributed by atoms with van der Waals surface area (Å²) in [5.41, 5.74) is 1.68. The van der Waals surface area contributed by atoms with Gasteiger partial charge in [-0.05, 0) is 47.9 Å². The van der Waals surface area contributed by atoms with E-state index in [1.54, 1.807) is 0 Å². The molecule has 1 aliphatic rings. The molecule has 2 amide bonds. The van der Waals surface area contributed by atoms with Crippen molar-refractivity contribution in [1.82, 2.24) is 15.1 Å². The zero-order valence-corrected chi connectivity index (χ0v) is 18.1. The first kappa shape index (κ1) is 22.7. The Morgan fingerprint density at radius 2 is 1.65 bits per heavy atom. The van der Waals surface area contributed by atoms with Gasteiger partial charge in [0.05, 0.1) is 0 Å². The molecule has 1 heterocycles. The Hall–Kier alpha value is -2.93. The highest BCUT2D eigenvalue weighted by Gasteiger charge is 2.21. The second-order valence-corrected chi connectivity index (χ2v) is 8.00. The van der Waals surface area contributed by atoms with Crippen molar-refractivity contribution >= 4 is 11.8 Å². The molecule has 7 heteroatoms. The summed E-state index contributed by atoms with van der Waals surface area (Å²) in [7, 11) is 0. The fraction of sp³-hybridized carbons (Fsp3) is 0.417. The first-order chi connectivity index (χ1) is 14.9. The van der Waals surface area contributed by atoms with E-state index in [-0.39, 0.29) is 24.2 Å². The maximum Gasteiger partial charge on any atom is 0.260 e. The summed E-state index contributed by atoms with van der Waals surface area (Å²) >= 11 is 0. The summed E-state index contributed by atoms with van der Waals surface area (Å²) in [4.78, 5) is 28.5. The van der Waals surface area contributed by atoms with Gasteiger partial charge in [0.25, 0.3) is 11.8 Å². The maximum atomic E-state index is 12.9. The number of carbonyl (C=O) groups is 2. The molecular formula is C24H30FN3O3. The molecule has 166 valence electrons. The van der Waals surface area contributed by atoms with Crippen LogP contribution in [0.3, 0.4) is 0 Å². The van der Waals surface area contributed by atoms with Crippen molar-refractivity contribution in [3.63, 3.8) is 0 Å². The van der Waals surface area contributed by atoms with Gasteiger partial charge in [0.15, 0.2) is 6.61 Å². The first-order valence-corrected chi connectivity index (χ1v) is 10.7. The molecule has 0 saturated carbocycles. The molecule has 6 nitrogen and oxygen atoms in total. The van der Waals surface area contributed by atoms with Crippen molar-refractivity contribution in [3.05, 3.63) is 65.5 Å². The number of benzene rings is 2. The van der Waals surface area contributed by atoms with E-state index in [9.17, 15) is 14.0 Å². The second-order valence-electron chi connectivity index (χ2n) is 8.00. The molecule has 2 aromatic rings. The molecule has 1 N–H and O–H groups in total. The summed E-state index contributed by atoms with van der Waals surface area (Å²) in [6.45, 7) is 8.29. The number of halogens is 1. The maximum absolute atomic E-state index is 12.9. The van der Waals surface area contributed by atoms with Crippen LogP contribution in [0.4, 0.5) is 4.39 Å². The lowest BCUT2D eigenvalue weighted by molar-refractivity contribution is -0.135. The standard InChI is InChI=1S/C24H30FN3O3/c1-18(2)19-5-9-22(10-6-19)31-17-23(29)28-15-13-27(14-16-28)12-11-26-24(30)20-3-7-21(25)8-4-20/h3-10,18H,11-17H2,1-2H3,(H,26,30). The predicted molar refractivity (Wildman–Crippen MR) is 118 cm³/mol. The van der Waals surface area contributed by atoms with Crippen LogP contribution in [0.1, 0.15) is 35.7 Å². The number of nitrogens with one attached hydrogen (secondary N) is 1. The van der Waals surface area contributed by atoms with Crippen molar-refractivity contribution in [2.24, 2.45) is 0 Å². The fourth-order valence-corrected chi connectivity index (χ4v) is 3.44. The highest BCUT2D eigenvalue weighted by Crippen LogP contribution is 2.18. The van der Waals surface area contributed by atoms with Gasteiger partial charge in [-0.3, -0.25) is 14.5 Å². The molecule has 0 spiro atoms. The predicted octanol–water partition coefficient (Wildman–Crippen LogP) is 2.90. The number of carbonyl (C=O) groups excluding carboxylic acids is 2. The monoisotopic (exact) mass is 427 g/mol. The number of ether oxygens (including phenoxy) is 1. The van der Waals surface area contributed by atoms with Gasteiger partial charge < -0.3 is 15.0 Å². The zero-order chi connectivity index (χ0) is 22.2. The van der Waals surface area contributed by atoms with E-state index < -0.39 is 0 Å². The third-order valence-corrected chi connectivity index (χ3v) is 5.45. The molecule has 1 saturated heterocycles. The summed E-state index contributed by atoms with van der Waals surface area (Å²) in [6.07, 6.45) is 0. The van der Waals surface area contributed by atoms with Crippen molar-refractivity contribution in [3.8, 4) is 5.75 Å². The number of hydrogen-bond donors (Lipinski definition) is 1. The Labute approximate surface area is 183 Å². The Bertz CT molecular complexity index is 861. The molecule has 1 aliphatic heterocycles. The number of piperazine rings is 1. The van der Waals surface area contributed by atoms with Crippen LogP contribution in [0.5, 0.6) is 5.75 Å². The van der Waals surface area contributed by atoms with E-state index in [1.165, 1.54) is 29.8 Å². The van der Waals surface area contributed by atoms with Gasteiger partial charge in [-0.25, -0.2) is 4.39 Å². The number of amides is 2. The second kappa shape index (κ2) is 10.9. The van der Waals surface area contributed by atoms with Gasteiger partial charge in [-0.1, -0.05) is 26.0 Å². The number of nitrogens with zero attached hydrogens (tertiary/aromatic N) is 2. The minimum Gasteiger partial charge on any atom is -0.484 e. The average Bonchev–Trinajstić information content (AvgIpc) is 2.78. The lowest BCUT2D eigenvalue weighted by Gasteiger charge is -2.34. The van der Waals surface area contributed by atoms with E-state index in [4.69, 9.17) is 4.74 Å². The normalized spacial score (nSPS) is 14.5. The van der Waals surface area contributed by atoms with Crippen LogP contribution in [0, 0.1) is 5.82 Å². The van der Waals surface area contributed by atoms with E-state index in [0.717, 1.165) is 13.1 Å². The average molecular weight is 428 g/mol. The molecule has 2 aromatic carbocycles. The summed E-state index contributed by atoms with van der Waals surface area (Å²) in [5, 5.41) is 2.85. The third kappa shape index (κ3) is 6.79. The minimum absolute atomic E-state index is 0.0165. The highest BCUT2D eigenvalue weighted by molar-refractivity contribution is 5.94. The quantitative estimate of drug-likeness (QED) is 0.704.